The SMILES string of the molecule is CCc1cc(CC(N)CSc2cccc(C)c2)n(CC)n1. The van der Waals surface area contributed by atoms with Crippen LogP contribution in [-0.2, 0) is 19.4 Å². The number of hydrogen-bond donors (Lipinski definition) is 1. The Kier molecular flexibility index (Phi) is 5.88. The van der Waals surface area contributed by atoms with Gasteiger partial charge in [-0.25, -0.2) is 0 Å². The number of benzene rings is 1. The van der Waals surface area contributed by atoms with Crippen LogP contribution in [0.1, 0.15) is 30.8 Å². The maximum absolute atomic E-state index is 6.30. The lowest BCUT2D eigenvalue weighted by Gasteiger charge is -2.12. The van der Waals surface area contributed by atoms with E-state index in [2.05, 4.69) is 60.9 Å². The minimum atomic E-state index is 0.155. The van der Waals surface area contributed by atoms with Gasteiger partial charge in [-0.3, -0.25) is 4.68 Å². The molecule has 0 saturated carbocycles. The van der Waals surface area contributed by atoms with Gasteiger partial charge in [0.2, 0.25) is 0 Å². The fraction of sp³-hybridized carbons (Fsp3) is 0.471. The molecule has 2 rings (SSSR count). The Balaban J connectivity index is 1.92. The van der Waals surface area contributed by atoms with E-state index in [0.29, 0.717) is 0 Å². The van der Waals surface area contributed by atoms with Crippen molar-refractivity contribution < 1.29 is 0 Å². The van der Waals surface area contributed by atoms with Crippen LogP contribution >= 0.6 is 11.8 Å². The maximum Gasteiger partial charge on any atom is 0.0624 e. The number of hydrogen-bond acceptors (Lipinski definition) is 3. The van der Waals surface area contributed by atoms with Crippen LogP contribution in [0.25, 0.3) is 0 Å². The normalized spacial score (nSPS) is 12.6. The molecule has 21 heavy (non-hydrogen) atoms. The molecule has 0 bridgehead atoms. The molecule has 0 amide bonds. The van der Waals surface area contributed by atoms with Crippen LogP contribution in [0.4, 0.5) is 0 Å². The minimum Gasteiger partial charge on any atom is -0.327 e. The van der Waals surface area contributed by atoms with E-state index in [-0.39, 0.29) is 6.04 Å². The Labute approximate surface area is 131 Å². The molecule has 1 unspecified atom stereocenters. The summed E-state index contributed by atoms with van der Waals surface area (Å²) in [5, 5.41) is 4.58. The lowest BCUT2D eigenvalue weighted by atomic mass is 10.2. The zero-order valence-corrected chi connectivity index (χ0v) is 14.0. The lowest BCUT2D eigenvalue weighted by molar-refractivity contribution is 0.592. The molecule has 0 aliphatic heterocycles. The molecular formula is C17H25N3S. The third kappa shape index (κ3) is 4.61. The van der Waals surface area contributed by atoms with Crippen molar-refractivity contribution in [1.82, 2.24) is 9.78 Å². The highest BCUT2D eigenvalue weighted by atomic mass is 32.2. The van der Waals surface area contributed by atoms with Crippen molar-refractivity contribution in [1.29, 1.82) is 0 Å². The smallest absolute Gasteiger partial charge is 0.0624 e. The fourth-order valence-corrected chi connectivity index (χ4v) is 3.33. The Morgan fingerprint density at radius 2 is 2.10 bits per heavy atom. The molecule has 0 aliphatic rings. The van der Waals surface area contributed by atoms with Gasteiger partial charge < -0.3 is 5.73 Å². The average Bonchev–Trinajstić information content (AvgIpc) is 2.87. The minimum absolute atomic E-state index is 0.155. The predicted molar refractivity (Wildman–Crippen MR) is 90.9 cm³/mol. The Morgan fingerprint density at radius 1 is 1.29 bits per heavy atom. The molecule has 1 aromatic heterocycles. The van der Waals surface area contributed by atoms with Gasteiger partial charge in [0, 0.05) is 35.3 Å². The third-order valence-electron chi connectivity index (χ3n) is 3.50. The Hall–Kier alpha value is -1.26. The van der Waals surface area contributed by atoms with Gasteiger partial charge in [-0.2, -0.15) is 5.10 Å². The molecule has 0 radical (unpaired) electrons. The summed E-state index contributed by atoms with van der Waals surface area (Å²) in [6, 6.07) is 10.9. The molecule has 1 heterocycles. The molecule has 1 aromatic carbocycles. The predicted octanol–water partition coefficient (Wildman–Crippen LogP) is 3.44. The van der Waals surface area contributed by atoms with Crippen LogP contribution in [0, 0.1) is 6.92 Å². The van der Waals surface area contributed by atoms with Crippen molar-refractivity contribution in [3.05, 3.63) is 47.3 Å². The highest BCUT2D eigenvalue weighted by molar-refractivity contribution is 7.99. The summed E-state index contributed by atoms with van der Waals surface area (Å²) in [5.41, 5.74) is 10.0. The van der Waals surface area contributed by atoms with E-state index in [9.17, 15) is 0 Å². The molecule has 114 valence electrons. The van der Waals surface area contributed by atoms with Crippen LogP contribution < -0.4 is 5.73 Å². The van der Waals surface area contributed by atoms with Crippen LogP contribution in [0.2, 0.25) is 0 Å². The second-order valence-corrected chi connectivity index (χ2v) is 6.48. The maximum atomic E-state index is 6.30. The van der Waals surface area contributed by atoms with E-state index in [0.717, 1.165) is 30.8 Å². The molecule has 1 atom stereocenters. The average molecular weight is 303 g/mol. The van der Waals surface area contributed by atoms with Crippen molar-refractivity contribution >= 4 is 11.8 Å². The monoisotopic (exact) mass is 303 g/mol. The highest BCUT2D eigenvalue weighted by Gasteiger charge is 2.11. The van der Waals surface area contributed by atoms with Gasteiger partial charge in [0.15, 0.2) is 0 Å². The van der Waals surface area contributed by atoms with E-state index in [1.165, 1.54) is 16.2 Å². The van der Waals surface area contributed by atoms with Gasteiger partial charge in [0.05, 0.1) is 5.69 Å². The van der Waals surface area contributed by atoms with Crippen molar-refractivity contribution in [2.45, 2.75) is 51.1 Å². The van der Waals surface area contributed by atoms with Gasteiger partial charge in [-0.1, -0.05) is 24.6 Å². The number of rotatable bonds is 7. The number of nitrogens with zero attached hydrogens (tertiary/aromatic N) is 2. The number of aryl methyl sites for hydroxylation is 3. The molecule has 0 fully saturated rings. The first-order valence-electron chi connectivity index (χ1n) is 7.63. The second kappa shape index (κ2) is 7.66. The fourth-order valence-electron chi connectivity index (χ4n) is 2.36. The summed E-state index contributed by atoms with van der Waals surface area (Å²) in [7, 11) is 0. The zero-order valence-electron chi connectivity index (χ0n) is 13.2. The highest BCUT2D eigenvalue weighted by Crippen LogP contribution is 2.20. The molecule has 3 nitrogen and oxygen atoms in total. The van der Waals surface area contributed by atoms with Crippen molar-refractivity contribution in [3.8, 4) is 0 Å². The van der Waals surface area contributed by atoms with Gasteiger partial charge in [-0.05, 0) is 38.5 Å². The molecule has 4 heteroatoms. The van der Waals surface area contributed by atoms with Crippen LogP contribution in [0.3, 0.4) is 0 Å². The van der Waals surface area contributed by atoms with Gasteiger partial charge >= 0.3 is 0 Å². The first-order chi connectivity index (χ1) is 10.1. The van der Waals surface area contributed by atoms with Gasteiger partial charge in [0.1, 0.15) is 0 Å². The third-order valence-corrected chi connectivity index (χ3v) is 4.68. The topological polar surface area (TPSA) is 43.8 Å². The summed E-state index contributed by atoms with van der Waals surface area (Å²) >= 11 is 1.83. The molecule has 2 N–H and O–H groups in total. The first-order valence-corrected chi connectivity index (χ1v) is 8.61. The van der Waals surface area contributed by atoms with Gasteiger partial charge in [-0.15, -0.1) is 11.8 Å². The van der Waals surface area contributed by atoms with Crippen LogP contribution in [0.5, 0.6) is 0 Å². The number of thioether (sulfide) groups is 1. The van der Waals surface area contributed by atoms with Gasteiger partial charge in [0.25, 0.3) is 0 Å². The van der Waals surface area contributed by atoms with Crippen molar-refractivity contribution in [2.24, 2.45) is 5.73 Å². The van der Waals surface area contributed by atoms with E-state index in [4.69, 9.17) is 5.73 Å². The van der Waals surface area contributed by atoms with E-state index >= 15 is 0 Å². The molecule has 0 aliphatic carbocycles. The zero-order chi connectivity index (χ0) is 15.2. The van der Waals surface area contributed by atoms with E-state index in [1.807, 2.05) is 11.8 Å². The quantitative estimate of drug-likeness (QED) is 0.797. The molecular weight excluding hydrogens is 278 g/mol. The first kappa shape index (κ1) is 16.1. The Morgan fingerprint density at radius 3 is 2.76 bits per heavy atom. The summed E-state index contributed by atoms with van der Waals surface area (Å²) in [6.45, 7) is 7.30. The van der Waals surface area contributed by atoms with Crippen LogP contribution in [-0.4, -0.2) is 21.6 Å². The molecule has 2 aromatic rings. The second-order valence-electron chi connectivity index (χ2n) is 5.39. The van der Waals surface area contributed by atoms with Crippen molar-refractivity contribution in [3.63, 3.8) is 0 Å². The summed E-state index contributed by atoms with van der Waals surface area (Å²) in [6.07, 6.45) is 1.87. The summed E-state index contributed by atoms with van der Waals surface area (Å²) in [4.78, 5) is 1.30. The van der Waals surface area contributed by atoms with Crippen molar-refractivity contribution in [2.75, 3.05) is 5.75 Å². The standard InChI is InChI=1S/C17H25N3S/c1-4-15-11-16(20(5-2)19-15)10-14(18)12-21-17-8-6-7-13(3)9-17/h6-9,11,14H,4-5,10,12,18H2,1-3H3. The molecule has 0 spiro atoms. The largest absolute Gasteiger partial charge is 0.327 e. The lowest BCUT2D eigenvalue weighted by Crippen LogP contribution is -2.26. The number of nitrogens with two attached hydrogens (primary N) is 1. The van der Waals surface area contributed by atoms with Crippen LogP contribution in [0.15, 0.2) is 35.2 Å². The number of aromatic nitrogens is 2. The summed E-state index contributed by atoms with van der Waals surface area (Å²) < 4.78 is 2.08. The Bertz CT molecular complexity index is 577. The molecule has 0 saturated heterocycles. The van der Waals surface area contributed by atoms with E-state index < -0.39 is 0 Å². The van der Waals surface area contributed by atoms with E-state index in [1.54, 1.807) is 0 Å². The summed E-state index contributed by atoms with van der Waals surface area (Å²) in [5.74, 6) is 0.930.